The lowest BCUT2D eigenvalue weighted by atomic mass is 10.0. The number of aromatic nitrogens is 1. The Morgan fingerprint density at radius 1 is 1.16 bits per heavy atom. The Kier molecular flexibility index (Phi) is 5.66. The zero-order valence-electron chi connectivity index (χ0n) is 14.7. The molecule has 0 bridgehead atoms. The topological polar surface area (TPSA) is 42.0 Å². The van der Waals surface area contributed by atoms with Crippen LogP contribution in [-0.2, 0) is 11.2 Å². The van der Waals surface area contributed by atoms with Gasteiger partial charge in [-0.15, -0.1) is 22.7 Å². The maximum Gasteiger partial charge on any atom is 0.224 e. The van der Waals surface area contributed by atoms with Crippen LogP contribution in [0.15, 0.2) is 47.2 Å². The summed E-state index contributed by atoms with van der Waals surface area (Å²) in [4.78, 5) is 18.2. The van der Waals surface area contributed by atoms with Crippen LogP contribution >= 0.6 is 22.7 Å². The Hall–Kier alpha value is -1.98. The van der Waals surface area contributed by atoms with Gasteiger partial charge >= 0.3 is 0 Å². The van der Waals surface area contributed by atoms with Crippen LogP contribution in [0.4, 0.5) is 0 Å². The number of carbonyl (C=O) groups excluding carboxylic acids is 1. The fraction of sp³-hybridized carbons (Fsp3) is 0.300. The summed E-state index contributed by atoms with van der Waals surface area (Å²) in [5.74, 6) is 0.419. The number of nitrogens with one attached hydrogen (secondary N) is 1. The molecular formula is C20H22N2OS2. The molecule has 0 saturated heterocycles. The third-order valence-electron chi connectivity index (χ3n) is 4.07. The van der Waals surface area contributed by atoms with Gasteiger partial charge < -0.3 is 5.32 Å². The van der Waals surface area contributed by atoms with Crippen molar-refractivity contribution < 1.29 is 4.79 Å². The zero-order chi connectivity index (χ0) is 17.8. The minimum atomic E-state index is 0.0596. The molecule has 25 heavy (non-hydrogen) atoms. The molecule has 0 spiro atoms. The minimum Gasteiger partial charge on any atom is -0.348 e. The molecule has 0 radical (unpaired) electrons. The van der Waals surface area contributed by atoms with Gasteiger partial charge in [-0.05, 0) is 29.9 Å². The van der Waals surface area contributed by atoms with E-state index in [9.17, 15) is 4.79 Å². The second-order valence-corrected chi connectivity index (χ2v) is 8.47. The normalized spacial score (nSPS) is 12.3. The molecule has 0 saturated carbocycles. The molecule has 0 aliphatic heterocycles. The molecule has 3 rings (SSSR count). The van der Waals surface area contributed by atoms with Crippen molar-refractivity contribution in [1.29, 1.82) is 0 Å². The maximum absolute atomic E-state index is 12.5. The number of rotatable bonds is 6. The van der Waals surface area contributed by atoms with E-state index in [0.29, 0.717) is 12.3 Å². The number of hydrogen-bond acceptors (Lipinski definition) is 4. The van der Waals surface area contributed by atoms with Gasteiger partial charge in [0.05, 0.1) is 23.2 Å². The minimum absolute atomic E-state index is 0.0596. The van der Waals surface area contributed by atoms with Crippen LogP contribution in [0, 0.1) is 12.8 Å². The van der Waals surface area contributed by atoms with Crippen molar-refractivity contribution in [2.75, 3.05) is 0 Å². The average Bonchev–Trinajstić information content (AvgIpc) is 3.25. The highest BCUT2D eigenvalue weighted by molar-refractivity contribution is 7.10. The lowest BCUT2D eigenvalue weighted by Crippen LogP contribution is -2.32. The Bertz CT molecular complexity index is 820. The van der Waals surface area contributed by atoms with E-state index in [0.717, 1.165) is 21.8 Å². The molecule has 2 aromatic heterocycles. The van der Waals surface area contributed by atoms with Crippen LogP contribution in [0.3, 0.4) is 0 Å². The molecule has 1 N–H and O–H groups in total. The van der Waals surface area contributed by atoms with E-state index in [1.165, 1.54) is 4.88 Å². The van der Waals surface area contributed by atoms with E-state index < -0.39 is 0 Å². The first-order chi connectivity index (χ1) is 12.0. The summed E-state index contributed by atoms with van der Waals surface area (Å²) in [5, 5.41) is 8.35. The summed E-state index contributed by atoms with van der Waals surface area (Å²) >= 11 is 3.34. The number of aryl methyl sites for hydroxylation is 1. The van der Waals surface area contributed by atoms with E-state index in [1.54, 1.807) is 22.7 Å². The molecule has 1 unspecified atom stereocenters. The monoisotopic (exact) mass is 370 g/mol. The van der Waals surface area contributed by atoms with E-state index in [2.05, 4.69) is 41.0 Å². The van der Waals surface area contributed by atoms with Crippen LogP contribution in [0.5, 0.6) is 0 Å². The summed E-state index contributed by atoms with van der Waals surface area (Å²) in [5.41, 5.74) is 3.10. The number of thiophene rings is 1. The number of carbonyl (C=O) groups is 1. The highest BCUT2D eigenvalue weighted by Crippen LogP contribution is 2.26. The maximum atomic E-state index is 12.5. The Balaban J connectivity index is 1.64. The van der Waals surface area contributed by atoms with Crippen molar-refractivity contribution in [3.05, 3.63) is 62.6 Å². The van der Waals surface area contributed by atoms with Gasteiger partial charge in [0.25, 0.3) is 0 Å². The summed E-state index contributed by atoms with van der Waals surface area (Å²) < 4.78 is 0. The van der Waals surface area contributed by atoms with E-state index >= 15 is 0 Å². The predicted molar refractivity (Wildman–Crippen MR) is 106 cm³/mol. The Morgan fingerprint density at radius 2 is 1.92 bits per heavy atom. The van der Waals surface area contributed by atoms with Crippen molar-refractivity contribution in [3.63, 3.8) is 0 Å². The molecule has 0 aliphatic rings. The summed E-state index contributed by atoms with van der Waals surface area (Å²) in [6, 6.07) is 12.3. The molecule has 5 heteroatoms. The standard InChI is InChI=1S/C20H22N2OS2/c1-13(2)20(18-5-4-10-24-18)22-19(23)11-15-6-8-16(9-7-15)17-12-25-14(3)21-17/h4-10,12-13,20H,11H2,1-3H3,(H,22,23). The van der Waals surface area contributed by atoms with Crippen LogP contribution in [-0.4, -0.2) is 10.9 Å². The zero-order valence-corrected chi connectivity index (χ0v) is 16.3. The first-order valence-corrected chi connectivity index (χ1v) is 10.1. The molecule has 3 aromatic rings. The lowest BCUT2D eigenvalue weighted by molar-refractivity contribution is -0.121. The quantitative estimate of drug-likeness (QED) is 0.645. The van der Waals surface area contributed by atoms with Gasteiger partial charge in [0.1, 0.15) is 0 Å². The fourth-order valence-electron chi connectivity index (χ4n) is 2.73. The number of nitrogens with zero attached hydrogens (tertiary/aromatic N) is 1. The summed E-state index contributed by atoms with van der Waals surface area (Å²) in [6.45, 7) is 6.27. The number of hydrogen-bond donors (Lipinski definition) is 1. The van der Waals surface area contributed by atoms with Gasteiger partial charge in [-0.3, -0.25) is 4.79 Å². The third-order valence-corrected chi connectivity index (χ3v) is 5.80. The number of amides is 1. The average molecular weight is 371 g/mol. The van der Waals surface area contributed by atoms with Crippen LogP contribution in [0.25, 0.3) is 11.3 Å². The van der Waals surface area contributed by atoms with Gasteiger partial charge in [-0.1, -0.05) is 44.2 Å². The van der Waals surface area contributed by atoms with Crippen LogP contribution in [0.2, 0.25) is 0 Å². The van der Waals surface area contributed by atoms with Gasteiger partial charge in [0.15, 0.2) is 0 Å². The van der Waals surface area contributed by atoms with E-state index in [1.807, 2.05) is 37.3 Å². The lowest BCUT2D eigenvalue weighted by Gasteiger charge is -2.21. The van der Waals surface area contributed by atoms with Gasteiger partial charge in [0.2, 0.25) is 5.91 Å². The second-order valence-electron chi connectivity index (χ2n) is 6.43. The van der Waals surface area contributed by atoms with Gasteiger partial charge in [-0.25, -0.2) is 4.98 Å². The first kappa shape index (κ1) is 17.8. The first-order valence-electron chi connectivity index (χ1n) is 8.37. The molecular weight excluding hydrogens is 348 g/mol. The van der Waals surface area contributed by atoms with Crippen LogP contribution in [0.1, 0.15) is 35.3 Å². The molecule has 1 amide bonds. The number of thiazole rings is 1. The molecule has 2 heterocycles. The van der Waals surface area contributed by atoms with Crippen LogP contribution < -0.4 is 5.32 Å². The summed E-state index contributed by atoms with van der Waals surface area (Å²) in [6.07, 6.45) is 0.394. The van der Waals surface area contributed by atoms with Crippen molar-refractivity contribution in [1.82, 2.24) is 10.3 Å². The SMILES string of the molecule is Cc1nc(-c2ccc(CC(=O)NC(c3cccs3)C(C)C)cc2)cs1. The molecule has 1 aromatic carbocycles. The van der Waals surface area contributed by atoms with Gasteiger partial charge in [-0.2, -0.15) is 0 Å². The van der Waals surface area contributed by atoms with Crippen molar-refractivity contribution in [2.24, 2.45) is 5.92 Å². The van der Waals surface area contributed by atoms with Crippen molar-refractivity contribution >= 4 is 28.6 Å². The van der Waals surface area contributed by atoms with Gasteiger partial charge in [0, 0.05) is 15.8 Å². The molecule has 130 valence electrons. The third kappa shape index (κ3) is 4.55. The molecule has 0 fully saturated rings. The largest absolute Gasteiger partial charge is 0.348 e. The highest BCUT2D eigenvalue weighted by atomic mass is 32.1. The highest BCUT2D eigenvalue weighted by Gasteiger charge is 2.19. The Labute approximate surface area is 156 Å². The second kappa shape index (κ2) is 7.93. The summed E-state index contributed by atoms with van der Waals surface area (Å²) in [7, 11) is 0. The Morgan fingerprint density at radius 3 is 2.48 bits per heavy atom. The van der Waals surface area contributed by atoms with Crippen molar-refractivity contribution in [2.45, 2.75) is 33.2 Å². The molecule has 0 aliphatic carbocycles. The van der Waals surface area contributed by atoms with E-state index in [4.69, 9.17) is 0 Å². The van der Waals surface area contributed by atoms with E-state index in [-0.39, 0.29) is 11.9 Å². The number of benzene rings is 1. The molecule has 1 atom stereocenters. The fourth-order valence-corrected chi connectivity index (χ4v) is 4.30. The molecule has 3 nitrogen and oxygen atoms in total. The predicted octanol–water partition coefficient (Wildman–Crippen LogP) is 5.24. The van der Waals surface area contributed by atoms with Crippen molar-refractivity contribution in [3.8, 4) is 11.3 Å². The smallest absolute Gasteiger partial charge is 0.224 e.